The maximum Gasteiger partial charge on any atom is 1.00 e. The van der Waals surface area contributed by atoms with Gasteiger partial charge in [-0.1, -0.05) is 42.5 Å². The van der Waals surface area contributed by atoms with Crippen LogP contribution in [0, 0.1) is 0 Å². The van der Waals surface area contributed by atoms with Crippen LogP contribution in [-0.2, 0) is 22.6 Å². The van der Waals surface area contributed by atoms with Gasteiger partial charge in [0.05, 0.1) is 16.3 Å². The van der Waals surface area contributed by atoms with Crippen molar-refractivity contribution in [2.75, 3.05) is 6.54 Å². The van der Waals surface area contributed by atoms with Crippen LogP contribution in [0.3, 0.4) is 0 Å². The second kappa shape index (κ2) is 11.9. The van der Waals surface area contributed by atoms with Gasteiger partial charge in [-0.25, -0.2) is 13.1 Å². The maximum atomic E-state index is 13.3. The van der Waals surface area contributed by atoms with E-state index in [0.717, 1.165) is 11.6 Å². The van der Waals surface area contributed by atoms with Crippen LogP contribution in [0.4, 0.5) is 18.0 Å². The van der Waals surface area contributed by atoms with E-state index in [-0.39, 0.29) is 41.0 Å². The summed E-state index contributed by atoms with van der Waals surface area (Å²) in [5, 5.41) is 6.17. The van der Waals surface area contributed by atoms with Gasteiger partial charge in [0.15, 0.2) is 11.7 Å². The molecule has 1 N–H and O–H groups in total. The molecule has 0 aliphatic heterocycles. The van der Waals surface area contributed by atoms with Crippen LogP contribution in [0.15, 0.2) is 90.1 Å². The minimum Gasteiger partial charge on any atom is -0.448 e. The topological polar surface area (TPSA) is 108 Å². The zero-order valence-corrected chi connectivity index (χ0v) is 22.4. The smallest absolute Gasteiger partial charge is 0.448 e. The van der Waals surface area contributed by atoms with Gasteiger partial charge < -0.3 is 10.0 Å². The van der Waals surface area contributed by atoms with Crippen molar-refractivity contribution < 1.29 is 55.9 Å². The third-order valence-corrected chi connectivity index (χ3v) is 6.36. The third kappa shape index (κ3) is 7.19. The molecule has 0 bridgehead atoms. The van der Waals surface area contributed by atoms with E-state index in [1.165, 1.54) is 29.2 Å². The molecule has 8 nitrogen and oxygen atoms in total. The summed E-state index contributed by atoms with van der Waals surface area (Å²) < 4.78 is 68.6. The van der Waals surface area contributed by atoms with Gasteiger partial charge in [-0.3, -0.25) is 9.78 Å². The predicted octanol–water partition coefficient (Wildman–Crippen LogP) is 1.97. The standard InChI is InChI=1S/C24H20F3N5O3S.Na/c25-24(26,27)22-16-21(18-4-2-1-3-5-18)32(30-22)19-8-6-17(7-9-19)10-15-29-23(33)31-36(34,35)20-11-13-28-14-12-20;/h1-9,11-14,16H,10,15H2,(H2,29,31,33);/q;+1/p-1. The number of urea groups is 1. The molecule has 0 spiro atoms. The van der Waals surface area contributed by atoms with E-state index in [1.54, 1.807) is 54.6 Å². The Balaban J connectivity index is 0.00000380. The quantitative estimate of drug-likeness (QED) is 0.363. The average molecular weight is 537 g/mol. The summed E-state index contributed by atoms with van der Waals surface area (Å²) in [5.74, 6) is 0. The molecule has 0 aliphatic carbocycles. The van der Waals surface area contributed by atoms with Gasteiger partial charge >= 0.3 is 35.7 Å². The summed E-state index contributed by atoms with van der Waals surface area (Å²) in [6.07, 6.45) is -1.70. The maximum absolute atomic E-state index is 13.3. The number of rotatable bonds is 7. The van der Waals surface area contributed by atoms with Crippen LogP contribution in [0.2, 0.25) is 0 Å². The van der Waals surface area contributed by atoms with Crippen molar-refractivity contribution in [3.8, 4) is 16.9 Å². The summed E-state index contributed by atoms with van der Waals surface area (Å²) in [6.45, 7) is 0.100. The van der Waals surface area contributed by atoms with E-state index in [1.807, 2.05) is 0 Å². The molecule has 186 valence electrons. The second-order valence-corrected chi connectivity index (χ2v) is 9.19. The Labute approximate surface area is 233 Å². The summed E-state index contributed by atoms with van der Waals surface area (Å²) in [4.78, 5) is 15.5. The van der Waals surface area contributed by atoms with Gasteiger partial charge in [0, 0.05) is 18.0 Å². The SMILES string of the molecule is O=C([N-]S(=O)(=O)c1ccncc1)NCCc1ccc(-n2nc(C(F)(F)F)cc2-c2ccccc2)cc1.[Na+]. The first-order chi connectivity index (χ1) is 17.1. The number of benzene rings is 2. The number of aromatic nitrogens is 3. The van der Waals surface area contributed by atoms with Crippen LogP contribution in [0.1, 0.15) is 11.3 Å². The Morgan fingerprint density at radius 3 is 2.24 bits per heavy atom. The van der Waals surface area contributed by atoms with Crippen molar-refractivity contribution >= 4 is 16.1 Å². The number of carbonyl (C=O) groups excluding carboxylic acids is 1. The first kappa shape index (κ1) is 28.4. The average Bonchev–Trinajstić information content (AvgIpc) is 3.32. The number of nitrogens with one attached hydrogen (secondary N) is 1. The van der Waals surface area contributed by atoms with Gasteiger partial charge in [-0.05, 0) is 48.9 Å². The minimum absolute atomic E-state index is 0. The number of carbonyl (C=O) groups is 1. The number of hydrogen-bond donors (Lipinski definition) is 1. The molecule has 2 aromatic carbocycles. The minimum atomic E-state index is -4.59. The molecule has 2 aromatic heterocycles. The fourth-order valence-corrected chi connectivity index (χ4v) is 4.21. The normalized spacial score (nSPS) is 11.4. The molecule has 0 saturated heterocycles. The van der Waals surface area contributed by atoms with Gasteiger partial charge in [0.25, 0.3) is 0 Å². The van der Waals surface area contributed by atoms with E-state index in [2.05, 4.69) is 20.1 Å². The molecule has 0 aliphatic rings. The monoisotopic (exact) mass is 537 g/mol. The van der Waals surface area contributed by atoms with E-state index in [4.69, 9.17) is 0 Å². The number of pyridine rings is 1. The second-order valence-electron chi connectivity index (χ2n) is 7.59. The van der Waals surface area contributed by atoms with E-state index in [0.29, 0.717) is 23.4 Å². The largest absolute Gasteiger partial charge is 1.00 e. The van der Waals surface area contributed by atoms with Gasteiger partial charge in [0.2, 0.25) is 10.0 Å². The van der Waals surface area contributed by atoms with E-state index < -0.39 is 27.9 Å². The number of sulfonamides is 1. The summed E-state index contributed by atoms with van der Waals surface area (Å²) in [6, 6.07) is 17.7. The summed E-state index contributed by atoms with van der Waals surface area (Å²) in [5.41, 5.74) is 1.06. The van der Waals surface area contributed by atoms with E-state index in [9.17, 15) is 26.4 Å². The van der Waals surface area contributed by atoms with Crippen LogP contribution in [-0.4, -0.2) is 35.8 Å². The third-order valence-electron chi connectivity index (χ3n) is 5.09. The molecule has 0 radical (unpaired) electrons. The molecular weight excluding hydrogens is 518 g/mol. The Bertz CT molecular complexity index is 1450. The van der Waals surface area contributed by atoms with Crippen molar-refractivity contribution in [2.24, 2.45) is 0 Å². The van der Waals surface area contributed by atoms with E-state index >= 15 is 0 Å². The van der Waals surface area contributed by atoms with Crippen molar-refractivity contribution in [3.05, 3.63) is 101 Å². The number of amides is 2. The van der Waals surface area contributed by atoms with Gasteiger partial charge in [-0.2, -0.15) is 18.3 Å². The van der Waals surface area contributed by atoms with Crippen LogP contribution in [0.25, 0.3) is 21.7 Å². The number of halogens is 3. The van der Waals surface area contributed by atoms with Gasteiger partial charge in [-0.15, -0.1) is 0 Å². The molecule has 2 amide bonds. The Morgan fingerprint density at radius 2 is 1.62 bits per heavy atom. The fraction of sp³-hybridized carbons (Fsp3) is 0.125. The number of alkyl halides is 3. The Morgan fingerprint density at radius 1 is 0.973 bits per heavy atom. The molecule has 2 heterocycles. The summed E-state index contributed by atoms with van der Waals surface area (Å²) in [7, 11) is -4.14. The van der Waals surface area contributed by atoms with Crippen LogP contribution < -0.4 is 34.9 Å². The molecule has 0 saturated carbocycles. The Kier molecular flexibility index (Phi) is 9.13. The Hall–Kier alpha value is -3.19. The van der Waals surface area contributed by atoms with Crippen molar-refractivity contribution in [2.45, 2.75) is 17.5 Å². The fourth-order valence-electron chi connectivity index (χ4n) is 3.35. The predicted molar refractivity (Wildman–Crippen MR) is 126 cm³/mol. The zero-order chi connectivity index (χ0) is 25.8. The molecule has 0 unspecified atom stereocenters. The molecule has 0 fully saturated rings. The first-order valence-corrected chi connectivity index (χ1v) is 12.1. The van der Waals surface area contributed by atoms with Crippen LogP contribution in [0.5, 0.6) is 0 Å². The summed E-state index contributed by atoms with van der Waals surface area (Å²) >= 11 is 0. The molecular formula is C24H19F3N5NaO3S. The molecule has 13 heteroatoms. The van der Waals surface area contributed by atoms with Crippen LogP contribution >= 0.6 is 0 Å². The zero-order valence-electron chi connectivity index (χ0n) is 19.6. The molecule has 37 heavy (non-hydrogen) atoms. The molecule has 0 atom stereocenters. The number of hydrogen-bond acceptors (Lipinski definition) is 5. The molecule has 4 rings (SSSR count). The molecule has 4 aromatic rings. The van der Waals surface area contributed by atoms with Crippen molar-refractivity contribution in [1.29, 1.82) is 0 Å². The van der Waals surface area contributed by atoms with Crippen molar-refractivity contribution in [3.63, 3.8) is 0 Å². The number of nitrogens with zero attached hydrogens (tertiary/aromatic N) is 4. The van der Waals surface area contributed by atoms with Gasteiger partial charge in [0.1, 0.15) is 0 Å². The van der Waals surface area contributed by atoms with Crippen molar-refractivity contribution in [1.82, 2.24) is 20.1 Å². The first-order valence-electron chi connectivity index (χ1n) is 10.6.